The van der Waals surface area contributed by atoms with Gasteiger partial charge in [-0.3, -0.25) is 0 Å². The summed E-state index contributed by atoms with van der Waals surface area (Å²) in [5.74, 6) is -0.965. The summed E-state index contributed by atoms with van der Waals surface area (Å²) in [4.78, 5) is 10.6. The number of nitrogen functional groups attached to an aromatic ring is 1. The fourth-order valence-corrected chi connectivity index (χ4v) is 1.14. The normalized spacial score (nSPS) is 10.2. The van der Waals surface area contributed by atoms with Gasteiger partial charge >= 0.3 is 5.97 Å². The molecule has 0 fully saturated rings. The molecular weight excluding hydrogens is 180 g/mol. The first kappa shape index (κ1) is 10.4. The van der Waals surface area contributed by atoms with Gasteiger partial charge in [-0.15, -0.1) is 0 Å². The Labute approximate surface area is 82.7 Å². The van der Waals surface area contributed by atoms with E-state index in [-0.39, 0.29) is 11.6 Å². The molecule has 0 aliphatic carbocycles. The molecule has 1 aromatic carbocycles. The summed E-state index contributed by atoms with van der Waals surface area (Å²) in [6.45, 7) is 3.98. The molecule has 1 aromatic rings. The van der Waals surface area contributed by atoms with E-state index in [4.69, 9.17) is 10.8 Å². The minimum Gasteiger partial charge on any atom is -0.478 e. The highest BCUT2D eigenvalue weighted by Gasteiger charge is 2.06. The van der Waals surface area contributed by atoms with Crippen molar-refractivity contribution in [2.24, 2.45) is 0 Å². The quantitative estimate of drug-likeness (QED) is 0.641. The molecule has 0 bridgehead atoms. The predicted octanol–water partition coefficient (Wildman–Crippen LogP) is 1.79. The van der Waals surface area contributed by atoms with Crippen LogP contribution < -0.4 is 11.1 Å². The number of carboxylic acids is 1. The van der Waals surface area contributed by atoms with E-state index in [0.717, 1.165) is 5.69 Å². The highest BCUT2D eigenvalue weighted by Crippen LogP contribution is 2.20. The summed E-state index contributed by atoms with van der Waals surface area (Å²) in [6.07, 6.45) is 0. The highest BCUT2D eigenvalue weighted by atomic mass is 16.4. The highest BCUT2D eigenvalue weighted by molar-refractivity contribution is 5.90. The van der Waals surface area contributed by atoms with Gasteiger partial charge in [-0.25, -0.2) is 4.79 Å². The Morgan fingerprint density at radius 1 is 1.50 bits per heavy atom. The molecule has 0 amide bonds. The lowest BCUT2D eigenvalue weighted by molar-refractivity contribution is 0.0697. The van der Waals surface area contributed by atoms with Crippen LogP contribution in [-0.4, -0.2) is 17.1 Å². The zero-order valence-electron chi connectivity index (χ0n) is 8.24. The number of hydrogen-bond donors (Lipinski definition) is 3. The van der Waals surface area contributed by atoms with Crippen molar-refractivity contribution in [1.82, 2.24) is 0 Å². The molecule has 4 N–H and O–H groups in total. The first-order valence-corrected chi connectivity index (χ1v) is 4.40. The van der Waals surface area contributed by atoms with Gasteiger partial charge in [0.25, 0.3) is 0 Å². The smallest absolute Gasteiger partial charge is 0.335 e. The first-order valence-electron chi connectivity index (χ1n) is 4.40. The SMILES string of the molecule is CC(C)Nc1ccc(C(=O)O)cc1N. The zero-order valence-corrected chi connectivity index (χ0v) is 8.24. The minimum atomic E-state index is -0.965. The molecule has 0 aliphatic heterocycles. The molecule has 0 atom stereocenters. The second kappa shape index (κ2) is 4.00. The molecule has 0 saturated carbocycles. The lowest BCUT2D eigenvalue weighted by atomic mass is 10.1. The summed E-state index contributed by atoms with van der Waals surface area (Å²) < 4.78 is 0. The van der Waals surface area contributed by atoms with Gasteiger partial charge in [-0.05, 0) is 32.0 Å². The van der Waals surface area contributed by atoms with Crippen LogP contribution in [-0.2, 0) is 0 Å². The van der Waals surface area contributed by atoms with Crippen LogP contribution in [0.3, 0.4) is 0 Å². The van der Waals surface area contributed by atoms with Crippen LogP contribution >= 0.6 is 0 Å². The van der Waals surface area contributed by atoms with E-state index in [1.807, 2.05) is 13.8 Å². The van der Waals surface area contributed by atoms with Crippen molar-refractivity contribution in [1.29, 1.82) is 0 Å². The minimum absolute atomic E-state index is 0.205. The second-order valence-corrected chi connectivity index (χ2v) is 3.41. The molecule has 76 valence electrons. The fraction of sp³-hybridized carbons (Fsp3) is 0.300. The van der Waals surface area contributed by atoms with Gasteiger partial charge in [0, 0.05) is 6.04 Å². The third kappa shape index (κ3) is 2.39. The molecule has 0 aliphatic rings. The molecule has 0 aromatic heterocycles. The average Bonchev–Trinajstić information content (AvgIpc) is 2.07. The van der Waals surface area contributed by atoms with E-state index >= 15 is 0 Å². The standard InChI is InChI=1S/C10H14N2O2/c1-6(2)12-9-4-3-7(10(13)14)5-8(9)11/h3-6,12H,11H2,1-2H3,(H,13,14). The van der Waals surface area contributed by atoms with Gasteiger partial charge in [0.2, 0.25) is 0 Å². The maximum absolute atomic E-state index is 10.6. The number of nitrogens with one attached hydrogen (secondary N) is 1. The lowest BCUT2D eigenvalue weighted by Crippen LogP contribution is -2.11. The van der Waals surface area contributed by atoms with E-state index in [1.54, 1.807) is 6.07 Å². The number of carbonyl (C=O) groups is 1. The van der Waals surface area contributed by atoms with Crippen molar-refractivity contribution < 1.29 is 9.90 Å². The number of aromatic carboxylic acids is 1. The van der Waals surface area contributed by atoms with Crippen molar-refractivity contribution in [3.63, 3.8) is 0 Å². The maximum Gasteiger partial charge on any atom is 0.335 e. The first-order chi connectivity index (χ1) is 6.50. The van der Waals surface area contributed by atoms with Crippen molar-refractivity contribution >= 4 is 17.3 Å². The molecule has 0 saturated heterocycles. The Hall–Kier alpha value is -1.71. The molecule has 4 nitrogen and oxygen atoms in total. The van der Waals surface area contributed by atoms with Crippen molar-refractivity contribution in [2.75, 3.05) is 11.1 Å². The van der Waals surface area contributed by atoms with Crippen LogP contribution in [0.5, 0.6) is 0 Å². The molecule has 14 heavy (non-hydrogen) atoms. The summed E-state index contributed by atoms with van der Waals surface area (Å²) in [5.41, 5.74) is 7.11. The van der Waals surface area contributed by atoms with Gasteiger partial charge in [-0.1, -0.05) is 0 Å². The van der Waals surface area contributed by atoms with Gasteiger partial charge in [-0.2, -0.15) is 0 Å². The molecule has 0 spiro atoms. The van der Waals surface area contributed by atoms with Crippen LogP contribution in [0.1, 0.15) is 24.2 Å². The number of rotatable bonds is 3. The van der Waals surface area contributed by atoms with E-state index in [1.165, 1.54) is 12.1 Å². The van der Waals surface area contributed by atoms with E-state index < -0.39 is 5.97 Å². The second-order valence-electron chi connectivity index (χ2n) is 3.41. The van der Waals surface area contributed by atoms with Crippen LogP contribution in [0.25, 0.3) is 0 Å². The number of anilines is 2. The van der Waals surface area contributed by atoms with Gasteiger partial charge in [0.15, 0.2) is 0 Å². The topological polar surface area (TPSA) is 75.3 Å². The largest absolute Gasteiger partial charge is 0.478 e. The van der Waals surface area contributed by atoms with Crippen molar-refractivity contribution in [2.45, 2.75) is 19.9 Å². The fourth-order valence-electron chi connectivity index (χ4n) is 1.14. The maximum atomic E-state index is 10.6. The van der Waals surface area contributed by atoms with Crippen LogP contribution in [0, 0.1) is 0 Å². The molecule has 0 radical (unpaired) electrons. The molecule has 0 unspecified atom stereocenters. The van der Waals surface area contributed by atoms with Crippen LogP contribution in [0.2, 0.25) is 0 Å². The zero-order chi connectivity index (χ0) is 10.7. The molecule has 4 heteroatoms. The third-order valence-electron chi connectivity index (χ3n) is 1.74. The number of carboxylic acid groups (broad SMARTS) is 1. The molecule has 1 rings (SSSR count). The Morgan fingerprint density at radius 2 is 2.14 bits per heavy atom. The predicted molar refractivity (Wildman–Crippen MR) is 56.6 cm³/mol. The number of benzene rings is 1. The van der Waals surface area contributed by atoms with Gasteiger partial charge in [0.05, 0.1) is 16.9 Å². The lowest BCUT2D eigenvalue weighted by Gasteiger charge is -2.12. The molecule has 0 heterocycles. The number of nitrogens with two attached hydrogens (primary N) is 1. The monoisotopic (exact) mass is 194 g/mol. The van der Waals surface area contributed by atoms with Gasteiger partial charge in [0.1, 0.15) is 0 Å². The van der Waals surface area contributed by atoms with Gasteiger partial charge < -0.3 is 16.2 Å². The number of hydrogen-bond acceptors (Lipinski definition) is 3. The summed E-state index contributed by atoms with van der Waals surface area (Å²) in [7, 11) is 0. The summed E-state index contributed by atoms with van der Waals surface area (Å²) in [6, 6.07) is 4.93. The van der Waals surface area contributed by atoms with E-state index in [0.29, 0.717) is 5.69 Å². The summed E-state index contributed by atoms with van der Waals surface area (Å²) >= 11 is 0. The van der Waals surface area contributed by atoms with Crippen LogP contribution in [0.15, 0.2) is 18.2 Å². The third-order valence-corrected chi connectivity index (χ3v) is 1.74. The van der Waals surface area contributed by atoms with Crippen LogP contribution in [0.4, 0.5) is 11.4 Å². The Bertz CT molecular complexity index is 348. The van der Waals surface area contributed by atoms with Crippen molar-refractivity contribution in [3.8, 4) is 0 Å². The van der Waals surface area contributed by atoms with E-state index in [2.05, 4.69) is 5.32 Å². The Morgan fingerprint density at radius 3 is 2.57 bits per heavy atom. The Kier molecular flexibility index (Phi) is 2.96. The average molecular weight is 194 g/mol. The molecular formula is C10H14N2O2. The van der Waals surface area contributed by atoms with Crippen molar-refractivity contribution in [3.05, 3.63) is 23.8 Å². The van der Waals surface area contributed by atoms with E-state index in [9.17, 15) is 4.79 Å². The summed E-state index contributed by atoms with van der Waals surface area (Å²) in [5, 5.41) is 11.8. The Balaban J connectivity index is 2.95.